The Kier molecular flexibility index (Phi) is 5.06. The maximum atomic E-state index is 11.1. The van der Waals surface area contributed by atoms with E-state index >= 15 is 0 Å². The molecule has 0 unspecified atom stereocenters. The predicted molar refractivity (Wildman–Crippen MR) is 110 cm³/mol. The van der Waals surface area contributed by atoms with E-state index in [1.54, 1.807) is 23.6 Å². The Bertz CT molecular complexity index is 804. The van der Waals surface area contributed by atoms with E-state index in [0.29, 0.717) is 5.92 Å². The van der Waals surface area contributed by atoms with Gasteiger partial charge in [-0.3, -0.25) is 0 Å². The van der Waals surface area contributed by atoms with E-state index in [1.165, 1.54) is 10.6 Å². The highest BCUT2D eigenvalue weighted by Gasteiger charge is 2.41. The van der Waals surface area contributed by atoms with Gasteiger partial charge >= 0.3 is 5.97 Å². The Hall–Kier alpha value is -1.95. The quantitative estimate of drug-likeness (QED) is 0.746. The van der Waals surface area contributed by atoms with Gasteiger partial charge in [0.2, 0.25) is 0 Å². The van der Waals surface area contributed by atoms with Crippen LogP contribution >= 0.6 is 11.3 Å². The first-order chi connectivity index (χ1) is 12.5. The number of anilines is 2. The fraction of sp³-hybridized carbons (Fsp3) is 0.571. The molecule has 6 heteroatoms. The zero-order chi connectivity index (χ0) is 20.0. The number of fused-ring (bicyclic) bond motifs is 1. The maximum Gasteiger partial charge on any atom is 0.354 e. The first-order valence-corrected chi connectivity index (χ1v) is 10.3. The van der Waals surface area contributed by atoms with E-state index in [4.69, 9.17) is 10.1 Å². The summed E-state index contributed by atoms with van der Waals surface area (Å²) in [7, 11) is 0. The van der Waals surface area contributed by atoms with Crippen molar-refractivity contribution in [2.45, 2.75) is 65.2 Å². The summed E-state index contributed by atoms with van der Waals surface area (Å²) in [4.78, 5) is 23.9. The minimum atomic E-state index is -1.01. The van der Waals surface area contributed by atoms with Crippen LogP contribution < -0.4 is 4.90 Å². The summed E-state index contributed by atoms with van der Waals surface area (Å²) in [6, 6.07) is 3.39. The van der Waals surface area contributed by atoms with Crippen molar-refractivity contribution >= 4 is 28.1 Å². The van der Waals surface area contributed by atoms with Gasteiger partial charge in [-0.15, -0.1) is 11.3 Å². The highest BCUT2D eigenvalue weighted by atomic mass is 32.1. The number of carboxylic acid groups (broad SMARTS) is 1. The van der Waals surface area contributed by atoms with Gasteiger partial charge in [-0.1, -0.05) is 41.5 Å². The lowest BCUT2D eigenvalue weighted by Gasteiger charge is -2.37. The van der Waals surface area contributed by atoms with Crippen molar-refractivity contribution in [3.05, 3.63) is 34.6 Å². The van der Waals surface area contributed by atoms with Crippen LogP contribution in [0.1, 0.15) is 75.4 Å². The molecule has 0 atom stereocenters. The maximum absolute atomic E-state index is 11.1. The van der Waals surface area contributed by atoms with Gasteiger partial charge in [0.1, 0.15) is 5.69 Å². The van der Waals surface area contributed by atoms with Crippen LogP contribution in [0.25, 0.3) is 0 Å². The number of aromatic nitrogens is 2. The van der Waals surface area contributed by atoms with Crippen LogP contribution in [0.4, 0.5) is 10.8 Å². The number of nitrogens with zero attached hydrogens (tertiary/aromatic N) is 3. The molecule has 2 aromatic rings. The molecule has 1 aliphatic rings. The number of pyridine rings is 1. The van der Waals surface area contributed by atoms with Gasteiger partial charge < -0.3 is 10.0 Å². The van der Waals surface area contributed by atoms with Crippen molar-refractivity contribution < 1.29 is 9.90 Å². The van der Waals surface area contributed by atoms with E-state index in [2.05, 4.69) is 51.4 Å². The molecule has 0 saturated carbocycles. The minimum absolute atomic E-state index is 0.0592. The van der Waals surface area contributed by atoms with Crippen LogP contribution in [0.2, 0.25) is 0 Å². The van der Waals surface area contributed by atoms with Gasteiger partial charge in [0.15, 0.2) is 5.13 Å². The molecular weight excluding hydrogens is 358 g/mol. The first-order valence-electron chi connectivity index (χ1n) is 9.50. The average Bonchev–Trinajstić information content (AvgIpc) is 3.05. The molecule has 1 N–H and O–H groups in total. The van der Waals surface area contributed by atoms with E-state index in [0.717, 1.165) is 30.2 Å². The van der Waals surface area contributed by atoms with Gasteiger partial charge in [-0.25, -0.2) is 14.8 Å². The van der Waals surface area contributed by atoms with Crippen molar-refractivity contribution in [3.8, 4) is 0 Å². The fourth-order valence-corrected chi connectivity index (χ4v) is 4.94. The molecule has 2 heterocycles. The molecule has 0 saturated heterocycles. The van der Waals surface area contributed by atoms with E-state index in [-0.39, 0.29) is 16.5 Å². The molecule has 0 aliphatic heterocycles. The van der Waals surface area contributed by atoms with Gasteiger partial charge in [0, 0.05) is 22.3 Å². The van der Waals surface area contributed by atoms with Gasteiger partial charge in [0.05, 0.1) is 17.6 Å². The molecule has 3 rings (SSSR count). The van der Waals surface area contributed by atoms with Gasteiger partial charge in [-0.05, 0) is 30.9 Å². The Morgan fingerprint density at radius 2 is 1.89 bits per heavy atom. The number of rotatable bonds is 5. The van der Waals surface area contributed by atoms with Crippen molar-refractivity contribution in [2.24, 2.45) is 5.92 Å². The highest BCUT2D eigenvalue weighted by Crippen LogP contribution is 2.50. The summed E-state index contributed by atoms with van der Waals surface area (Å²) in [6.45, 7) is 14.3. The van der Waals surface area contributed by atoms with Crippen LogP contribution in [0.15, 0.2) is 18.3 Å². The van der Waals surface area contributed by atoms with Crippen LogP contribution in [-0.4, -0.2) is 27.6 Å². The Balaban J connectivity index is 2.06. The number of carboxylic acids is 1. The lowest BCUT2D eigenvalue weighted by Crippen LogP contribution is -2.32. The van der Waals surface area contributed by atoms with Crippen LogP contribution in [-0.2, 0) is 10.8 Å². The topological polar surface area (TPSA) is 66.3 Å². The number of hydrogen-bond donors (Lipinski definition) is 1. The molecule has 0 spiro atoms. The third-order valence-corrected chi connectivity index (χ3v) is 6.75. The summed E-state index contributed by atoms with van der Waals surface area (Å²) in [5.74, 6) is -0.573. The lowest BCUT2D eigenvalue weighted by molar-refractivity contribution is 0.0690. The van der Waals surface area contributed by atoms with Crippen molar-refractivity contribution in [2.75, 3.05) is 11.4 Å². The molecule has 0 aromatic carbocycles. The number of hydrogen-bond acceptors (Lipinski definition) is 5. The second kappa shape index (κ2) is 6.89. The molecule has 146 valence electrons. The van der Waals surface area contributed by atoms with E-state index in [9.17, 15) is 4.79 Å². The molecule has 0 bridgehead atoms. The third-order valence-electron chi connectivity index (χ3n) is 5.30. The highest BCUT2D eigenvalue weighted by molar-refractivity contribution is 7.16. The molecule has 27 heavy (non-hydrogen) atoms. The van der Waals surface area contributed by atoms with Gasteiger partial charge in [0.25, 0.3) is 0 Å². The van der Waals surface area contributed by atoms with Crippen LogP contribution in [0, 0.1) is 5.92 Å². The largest absolute Gasteiger partial charge is 0.477 e. The first kappa shape index (κ1) is 19.8. The van der Waals surface area contributed by atoms with Crippen molar-refractivity contribution in [1.82, 2.24) is 9.97 Å². The summed E-state index contributed by atoms with van der Waals surface area (Å²) < 4.78 is 0. The molecule has 5 nitrogen and oxygen atoms in total. The monoisotopic (exact) mass is 387 g/mol. The Labute approximate surface area is 165 Å². The summed E-state index contributed by atoms with van der Waals surface area (Å²) >= 11 is 1.77. The second-order valence-corrected chi connectivity index (χ2v) is 10.1. The molecule has 1 aliphatic carbocycles. The smallest absolute Gasteiger partial charge is 0.354 e. The molecule has 0 amide bonds. The number of aromatic carboxylic acids is 1. The molecule has 2 aromatic heterocycles. The SMILES string of the molecule is CC(C)CN(c1ccc(C(=O)O)nc1)c1nc2c(s1)C(C)(C)CCC2(C)C. The zero-order valence-electron chi connectivity index (χ0n) is 17.0. The third kappa shape index (κ3) is 3.86. The zero-order valence-corrected chi connectivity index (χ0v) is 17.9. The fourth-order valence-electron chi connectivity index (χ4n) is 3.53. The summed E-state index contributed by atoms with van der Waals surface area (Å²) in [5, 5.41) is 10.1. The second-order valence-electron chi connectivity index (χ2n) is 9.15. The predicted octanol–water partition coefficient (Wildman–Crippen LogP) is 5.38. The van der Waals surface area contributed by atoms with Gasteiger partial charge in [-0.2, -0.15) is 0 Å². The normalized spacial score (nSPS) is 17.6. The van der Waals surface area contributed by atoms with E-state index < -0.39 is 5.97 Å². The van der Waals surface area contributed by atoms with Crippen LogP contribution in [0.3, 0.4) is 0 Å². The van der Waals surface area contributed by atoms with Crippen molar-refractivity contribution in [3.63, 3.8) is 0 Å². The van der Waals surface area contributed by atoms with Crippen LogP contribution in [0.5, 0.6) is 0 Å². The number of carbonyl (C=O) groups is 1. The van der Waals surface area contributed by atoms with E-state index in [1.807, 2.05) is 6.07 Å². The minimum Gasteiger partial charge on any atom is -0.477 e. The lowest BCUT2D eigenvalue weighted by atomic mass is 9.69. The Morgan fingerprint density at radius 3 is 2.41 bits per heavy atom. The number of thiazole rings is 1. The Morgan fingerprint density at radius 1 is 1.22 bits per heavy atom. The summed E-state index contributed by atoms with van der Waals surface area (Å²) in [5.41, 5.74) is 2.37. The molecular formula is C21H29N3O2S. The average molecular weight is 388 g/mol. The standard InChI is InChI=1S/C21H29N3O2S/c1-13(2)12-24(14-7-8-15(18(25)26)22-11-14)19-23-16-17(27-19)21(5,6)10-9-20(16,3)4/h7-8,11,13H,9-10,12H2,1-6H3,(H,25,26). The molecule has 0 fully saturated rings. The van der Waals surface area contributed by atoms with Crippen molar-refractivity contribution in [1.29, 1.82) is 0 Å². The molecule has 0 radical (unpaired) electrons. The summed E-state index contributed by atoms with van der Waals surface area (Å²) in [6.07, 6.45) is 3.94.